The first kappa shape index (κ1) is 20.8. The Morgan fingerprint density at radius 3 is 2.45 bits per heavy atom. The van der Waals surface area contributed by atoms with E-state index in [2.05, 4.69) is 19.9 Å². The minimum absolute atomic E-state index is 0.262. The smallest absolute Gasteiger partial charge is 0.266 e. The fraction of sp³-hybridized carbons (Fsp3) is 0.0870. The number of aryl methyl sites for hydroxylation is 1. The third-order valence-corrected chi connectivity index (χ3v) is 6.44. The lowest BCUT2D eigenvalue weighted by Crippen LogP contribution is -2.14. The van der Waals surface area contributed by atoms with Gasteiger partial charge < -0.3 is 4.74 Å². The van der Waals surface area contributed by atoms with Crippen LogP contribution in [0.3, 0.4) is 0 Å². The Bertz CT molecular complexity index is 1580. The van der Waals surface area contributed by atoms with Crippen LogP contribution in [0, 0.1) is 5.82 Å². The van der Waals surface area contributed by atoms with E-state index in [-0.39, 0.29) is 11.6 Å². The van der Waals surface area contributed by atoms with Gasteiger partial charge in [0.05, 0.1) is 11.0 Å². The monoisotopic (exact) mass is 463 g/mol. The van der Waals surface area contributed by atoms with E-state index >= 15 is 0 Å². The quantitative estimate of drug-likeness (QED) is 0.396. The fourth-order valence-electron chi connectivity index (χ4n) is 3.49. The molecule has 0 fully saturated rings. The first-order chi connectivity index (χ1) is 16.0. The molecule has 1 N–H and O–H groups in total. The molecule has 0 aliphatic carbocycles. The van der Waals surface area contributed by atoms with Gasteiger partial charge in [0.2, 0.25) is 5.65 Å². The summed E-state index contributed by atoms with van der Waals surface area (Å²) in [7, 11) is -4.07. The van der Waals surface area contributed by atoms with Crippen molar-refractivity contribution in [3.63, 3.8) is 0 Å². The highest BCUT2D eigenvalue weighted by atomic mass is 32.2. The van der Waals surface area contributed by atoms with Gasteiger partial charge >= 0.3 is 0 Å². The van der Waals surface area contributed by atoms with E-state index in [1.807, 2.05) is 35.6 Å². The number of fused-ring (bicyclic) bond motifs is 3. The maximum absolute atomic E-state index is 13.9. The second-order valence-corrected chi connectivity index (χ2v) is 8.85. The van der Waals surface area contributed by atoms with Crippen molar-refractivity contribution in [2.24, 2.45) is 0 Å². The third-order valence-electron chi connectivity index (χ3n) is 5.03. The molecule has 5 rings (SSSR count). The van der Waals surface area contributed by atoms with Crippen molar-refractivity contribution in [3.8, 4) is 11.6 Å². The number of nitrogens with one attached hydrogen (secondary N) is 1. The predicted octanol–water partition coefficient (Wildman–Crippen LogP) is 4.57. The van der Waals surface area contributed by atoms with Gasteiger partial charge in [0, 0.05) is 12.1 Å². The summed E-state index contributed by atoms with van der Waals surface area (Å²) in [4.78, 5) is 4.15. The second-order valence-electron chi connectivity index (χ2n) is 7.20. The highest BCUT2D eigenvalue weighted by Gasteiger charge is 2.19. The van der Waals surface area contributed by atoms with Crippen LogP contribution >= 0.6 is 0 Å². The summed E-state index contributed by atoms with van der Waals surface area (Å²) >= 11 is 0. The van der Waals surface area contributed by atoms with Gasteiger partial charge in [-0.05, 0) is 48.5 Å². The van der Waals surface area contributed by atoms with Crippen molar-refractivity contribution in [1.29, 1.82) is 0 Å². The van der Waals surface area contributed by atoms with Crippen molar-refractivity contribution in [3.05, 3.63) is 84.4 Å². The number of hydrogen-bond donors (Lipinski definition) is 1. The Hall–Kier alpha value is -4.05. The van der Waals surface area contributed by atoms with E-state index in [0.717, 1.165) is 22.9 Å². The zero-order chi connectivity index (χ0) is 23.0. The van der Waals surface area contributed by atoms with Crippen LogP contribution in [-0.2, 0) is 16.4 Å². The summed E-state index contributed by atoms with van der Waals surface area (Å²) in [5.74, 6) is 0.664. The van der Waals surface area contributed by atoms with Gasteiger partial charge in [0.25, 0.3) is 15.9 Å². The SMILES string of the molecule is CCc1nnc2c(Oc3ccc(NS(=O)(=O)c4ccccc4F)cc3)nc3ccccc3n12. The van der Waals surface area contributed by atoms with Crippen LogP contribution in [0.25, 0.3) is 16.7 Å². The van der Waals surface area contributed by atoms with Crippen LogP contribution in [0.2, 0.25) is 0 Å². The van der Waals surface area contributed by atoms with E-state index in [4.69, 9.17) is 4.74 Å². The van der Waals surface area contributed by atoms with Gasteiger partial charge in [-0.25, -0.2) is 17.8 Å². The van der Waals surface area contributed by atoms with Gasteiger partial charge in [0.1, 0.15) is 22.3 Å². The van der Waals surface area contributed by atoms with Crippen LogP contribution < -0.4 is 9.46 Å². The molecule has 0 amide bonds. The molecule has 33 heavy (non-hydrogen) atoms. The average Bonchev–Trinajstić information content (AvgIpc) is 3.25. The van der Waals surface area contributed by atoms with Crippen molar-refractivity contribution in [2.75, 3.05) is 4.72 Å². The minimum Gasteiger partial charge on any atom is -0.436 e. The lowest BCUT2D eigenvalue weighted by molar-refractivity contribution is 0.467. The van der Waals surface area contributed by atoms with Gasteiger partial charge in [-0.2, -0.15) is 0 Å². The maximum atomic E-state index is 13.9. The molecule has 0 saturated carbocycles. The van der Waals surface area contributed by atoms with Crippen LogP contribution in [0.15, 0.2) is 77.7 Å². The molecule has 0 spiro atoms. The van der Waals surface area contributed by atoms with E-state index in [9.17, 15) is 12.8 Å². The summed E-state index contributed by atoms with van der Waals surface area (Å²) in [5.41, 5.74) is 2.34. The van der Waals surface area contributed by atoms with Crippen molar-refractivity contribution in [2.45, 2.75) is 18.2 Å². The number of halogens is 1. The molecule has 0 aliphatic rings. The molecule has 166 valence electrons. The van der Waals surface area contributed by atoms with E-state index in [1.54, 1.807) is 12.1 Å². The topological polar surface area (TPSA) is 98.5 Å². The van der Waals surface area contributed by atoms with Crippen molar-refractivity contribution in [1.82, 2.24) is 19.6 Å². The zero-order valence-corrected chi connectivity index (χ0v) is 18.3. The van der Waals surface area contributed by atoms with Gasteiger partial charge in [-0.15, -0.1) is 10.2 Å². The number of aromatic nitrogens is 4. The molecule has 10 heteroatoms. The molecule has 2 heterocycles. The third kappa shape index (κ3) is 3.85. The molecule has 2 aromatic heterocycles. The summed E-state index contributed by atoms with van der Waals surface area (Å²) in [6.45, 7) is 1.99. The molecule has 0 radical (unpaired) electrons. The van der Waals surface area contributed by atoms with Gasteiger partial charge in [0.15, 0.2) is 0 Å². The van der Waals surface area contributed by atoms with Crippen LogP contribution in [-0.4, -0.2) is 28.0 Å². The largest absolute Gasteiger partial charge is 0.436 e. The molecule has 0 unspecified atom stereocenters. The lowest BCUT2D eigenvalue weighted by atomic mass is 10.3. The normalized spacial score (nSPS) is 11.7. The predicted molar refractivity (Wildman–Crippen MR) is 121 cm³/mol. The second kappa shape index (κ2) is 8.14. The Kier molecular flexibility index (Phi) is 5.14. The average molecular weight is 463 g/mol. The number of benzene rings is 3. The first-order valence-corrected chi connectivity index (χ1v) is 11.6. The zero-order valence-electron chi connectivity index (χ0n) is 17.4. The van der Waals surface area contributed by atoms with Gasteiger partial charge in [-0.3, -0.25) is 9.12 Å². The van der Waals surface area contributed by atoms with Gasteiger partial charge in [-0.1, -0.05) is 31.2 Å². The number of sulfonamides is 1. The van der Waals surface area contributed by atoms with E-state index in [1.165, 1.54) is 30.3 Å². The van der Waals surface area contributed by atoms with Crippen molar-refractivity contribution < 1.29 is 17.5 Å². The molecular weight excluding hydrogens is 445 g/mol. The number of ether oxygens (including phenoxy) is 1. The molecular formula is C23H18FN5O3S. The lowest BCUT2D eigenvalue weighted by Gasteiger charge is -2.11. The van der Waals surface area contributed by atoms with Crippen LogP contribution in [0.1, 0.15) is 12.7 Å². The number of rotatable bonds is 6. The minimum atomic E-state index is -4.07. The highest BCUT2D eigenvalue weighted by molar-refractivity contribution is 7.92. The van der Waals surface area contributed by atoms with E-state index < -0.39 is 20.7 Å². The number of anilines is 1. The molecule has 0 atom stereocenters. The summed E-state index contributed by atoms with van der Waals surface area (Å²) in [6, 6.07) is 19.0. The number of para-hydroxylation sites is 2. The Morgan fingerprint density at radius 2 is 1.70 bits per heavy atom. The number of nitrogens with zero attached hydrogens (tertiary/aromatic N) is 4. The van der Waals surface area contributed by atoms with Crippen LogP contribution in [0.5, 0.6) is 11.6 Å². The number of hydrogen-bond acceptors (Lipinski definition) is 6. The Morgan fingerprint density at radius 1 is 0.970 bits per heavy atom. The standard InChI is InChI=1S/C23H18FN5O3S/c1-2-21-26-27-22-23(25-18-8-4-5-9-19(18)29(21)22)32-16-13-11-15(12-14-16)28-33(30,31)20-10-6-3-7-17(20)24/h3-14,28H,2H2,1H3. The summed E-state index contributed by atoms with van der Waals surface area (Å²) in [6.07, 6.45) is 0.686. The highest BCUT2D eigenvalue weighted by Crippen LogP contribution is 2.29. The molecule has 3 aromatic carbocycles. The van der Waals surface area contributed by atoms with E-state index in [0.29, 0.717) is 17.8 Å². The molecule has 8 nitrogen and oxygen atoms in total. The Balaban J connectivity index is 1.45. The summed E-state index contributed by atoms with van der Waals surface area (Å²) in [5, 5.41) is 8.48. The molecule has 0 bridgehead atoms. The fourth-order valence-corrected chi connectivity index (χ4v) is 4.63. The van der Waals surface area contributed by atoms with Crippen molar-refractivity contribution >= 4 is 32.4 Å². The summed E-state index contributed by atoms with van der Waals surface area (Å²) < 4.78 is 49.1. The Labute approximate surface area is 188 Å². The maximum Gasteiger partial charge on any atom is 0.266 e. The molecule has 0 saturated heterocycles. The first-order valence-electron chi connectivity index (χ1n) is 10.1. The molecule has 0 aliphatic heterocycles. The molecule has 5 aromatic rings. The van der Waals surface area contributed by atoms with Crippen LogP contribution in [0.4, 0.5) is 10.1 Å².